The van der Waals surface area contributed by atoms with Crippen LogP contribution in [0.3, 0.4) is 0 Å². The third-order valence-corrected chi connectivity index (χ3v) is 6.43. The first-order chi connectivity index (χ1) is 17.3. The second-order valence-corrected chi connectivity index (χ2v) is 8.54. The minimum absolute atomic E-state index is 0.0288. The molecule has 2 aliphatic rings. The molecule has 4 N–H and O–H groups in total. The number of benzene rings is 2. The van der Waals surface area contributed by atoms with Crippen LogP contribution in [-0.4, -0.2) is 67.2 Å². The number of carbonyl (C=O) groups excluding carboxylic acids is 3. The first-order valence-corrected chi connectivity index (χ1v) is 11.5. The Morgan fingerprint density at radius 2 is 1.94 bits per heavy atom. The van der Waals surface area contributed by atoms with Crippen LogP contribution in [-0.2, 0) is 20.9 Å². The van der Waals surface area contributed by atoms with Gasteiger partial charge in [-0.25, -0.2) is 14.8 Å². The summed E-state index contributed by atoms with van der Waals surface area (Å²) < 4.78 is 9.87. The number of carbonyl (C=O) groups is 3. The molecule has 2 unspecified atom stereocenters. The van der Waals surface area contributed by atoms with Gasteiger partial charge in [0, 0.05) is 36.3 Å². The summed E-state index contributed by atoms with van der Waals surface area (Å²) in [5.41, 5.74) is 2.19. The molecule has 1 saturated heterocycles. The van der Waals surface area contributed by atoms with Crippen molar-refractivity contribution < 1.29 is 39.4 Å². The largest absolute Gasteiger partial charge is 0.595 e. The molecule has 2 aromatic rings. The Morgan fingerprint density at radius 1 is 1.22 bits per heavy atom. The molecule has 12 nitrogen and oxygen atoms in total. The van der Waals surface area contributed by atoms with Gasteiger partial charge in [-0.05, 0) is 31.0 Å². The van der Waals surface area contributed by atoms with Crippen molar-refractivity contribution in [1.29, 1.82) is 0 Å². The van der Waals surface area contributed by atoms with Crippen LogP contribution in [0.15, 0.2) is 42.5 Å². The number of hydrogen-bond acceptors (Lipinski definition) is 9. The van der Waals surface area contributed by atoms with Gasteiger partial charge in [0.15, 0.2) is 11.7 Å². The van der Waals surface area contributed by atoms with E-state index in [1.165, 1.54) is 12.1 Å². The Morgan fingerprint density at radius 3 is 2.61 bits per heavy atom. The average Bonchev–Trinajstić information content (AvgIpc) is 2.90. The number of amides is 2. The van der Waals surface area contributed by atoms with Gasteiger partial charge in [-0.1, -0.05) is 18.2 Å². The number of quaternary nitrogens is 1. The van der Waals surface area contributed by atoms with E-state index >= 15 is 0 Å². The molecular formula is C24H28N4O8. The summed E-state index contributed by atoms with van der Waals surface area (Å²) in [6, 6.07) is 10.5. The van der Waals surface area contributed by atoms with Gasteiger partial charge in [0.1, 0.15) is 12.3 Å². The summed E-state index contributed by atoms with van der Waals surface area (Å²) in [6.07, 6.45) is 0.811. The van der Waals surface area contributed by atoms with Crippen LogP contribution < -0.4 is 20.3 Å². The lowest BCUT2D eigenvalue weighted by atomic mass is 9.99. The number of cyclic esters (lactones) is 1. The molecule has 0 saturated carbocycles. The molecule has 2 heterocycles. The monoisotopic (exact) mass is 500 g/mol. The molecule has 2 aromatic carbocycles. The number of piperidine rings is 1. The second kappa shape index (κ2) is 10.9. The lowest BCUT2D eigenvalue weighted by Crippen LogP contribution is -2.99. The number of para-hydroxylation sites is 1. The third-order valence-electron chi connectivity index (χ3n) is 6.43. The molecule has 4 rings (SSSR count). The standard InChI is InChI=1S/C24H28N4O8/c1-35-23(31)18(13-29)25-22(30)15-6-7-20(21(12-15)28(33)34)26-10-8-17(9-11-26)27-19-5-3-2-4-16(19)14-36-24(27)32/h2-7,12,17-18,28-29,33H,8-11,13-14H2,1H3,(H,25,30). The van der Waals surface area contributed by atoms with Crippen molar-refractivity contribution in [2.75, 3.05) is 36.6 Å². The minimum atomic E-state index is -1.26. The fourth-order valence-electron chi connectivity index (χ4n) is 4.57. The molecular weight excluding hydrogens is 472 g/mol. The number of methoxy groups -OCH3 is 1. The smallest absolute Gasteiger partial charge is 0.414 e. The van der Waals surface area contributed by atoms with E-state index in [0.717, 1.165) is 18.4 Å². The number of anilines is 2. The van der Waals surface area contributed by atoms with E-state index < -0.39 is 29.8 Å². The summed E-state index contributed by atoms with van der Waals surface area (Å²) in [5, 5.41) is 32.3. The van der Waals surface area contributed by atoms with Gasteiger partial charge in [0.2, 0.25) is 0 Å². The first kappa shape index (κ1) is 25.4. The summed E-state index contributed by atoms with van der Waals surface area (Å²) in [4.78, 5) is 40.3. The summed E-state index contributed by atoms with van der Waals surface area (Å²) in [7, 11) is 1.13. The van der Waals surface area contributed by atoms with Gasteiger partial charge in [0.05, 0.1) is 19.4 Å². The van der Waals surface area contributed by atoms with Crippen LogP contribution in [0.1, 0.15) is 28.8 Å². The highest BCUT2D eigenvalue weighted by Gasteiger charge is 2.35. The fourth-order valence-corrected chi connectivity index (χ4v) is 4.57. The Hall–Kier alpha value is -3.71. The van der Waals surface area contributed by atoms with Crippen LogP contribution in [0.2, 0.25) is 0 Å². The van der Waals surface area contributed by atoms with E-state index in [0.29, 0.717) is 31.6 Å². The van der Waals surface area contributed by atoms with Crippen molar-refractivity contribution in [3.05, 3.63) is 58.8 Å². The number of nitrogens with one attached hydrogen (secondary N) is 2. The van der Waals surface area contributed by atoms with Gasteiger partial charge >= 0.3 is 12.1 Å². The molecule has 1 fully saturated rings. The summed E-state index contributed by atoms with van der Waals surface area (Å²) in [5.74, 6) is -1.53. The SMILES string of the molecule is COC(=O)C(CO)NC(=O)c1ccc(N2CCC(N3C(=O)OCc4ccccc43)CC2)c([NH+]([O-])O)c1. The van der Waals surface area contributed by atoms with E-state index in [2.05, 4.69) is 10.1 Å². The Kier molecular flexibility index (Phi) is 7.70. The van der Waals surface area contributed by atoms with Crippen LogP contribution in [0.4, 0.5) is 21.9 Å². The molecule has 12 heteroatoms. The number of hydrogen-bond donors (Lipinski definition) is 4. The molecule has 0 spiro atoms. The fraction of sp³-hybridized carbons (Fsp3) is 0.375. The van der Waals surface area contributed by atoms with Gasteiger partial charge in [-0.15, -0.1) is 0 Å². The molecule has 36 heavy (non-hydrogen) atoms. The summed E-state index contributed by atoms with van der Waals surface area (Å²) in [6.45, 7) is 0.575. The quantitative estimate of drug-likeness (QED) is 0.314. The molecule has 0 aliphatic carbocycles. The predicted molar refractivity (Wildman–Crippen MR) is 127 cm³/mol. The van der Waals surface area contributed by atoms with Crippen LogP contribution in [0.5, 0.6) is 0 Å². The molecule has 2 amide bonds. The topological polar surface area (TPSA) is 156 Å². The zero-order chi connectivity index (χ0) is 25.8. The normalized spacial score (nSPS) is 17.6. The highest BCUT2D eigenvalue weighted by molar-refractivity contribution is 5.98. The van der Waals surface area contributed by atoms with Gasteiger partial charge < -0.3 is 30.0 Å². The Bertz CT molecular complexity index is 1130. The van der Waals surface area contributed by atoms with Crippen molar-refractivity contribution in [3.8, 4) is 0 Å². The van der Waals surface area contributed by atoms with E-state index in [4.69, 9.17) is 4.74 Å². The Balaban J connectivity index is 1.48. The molecule has 0 bridgehead atoms. The number of esters is 1. The zero-order valence-electron chi connectivity index (χ0n) is 19.7. The number of aliphatic hydroxyl groups excluding tert-OH is 1. The number of nitrogens with zero attached hydrogens (tertiary/aromatic N) is 2. The van der Waals surface area contributed by atoms with Crippen LogP contribution >= 0.6 is 0 Å². The van der Waals surface area contributed by atoms with Gasteiger partial charge in [0.25, 0.3) is 5.91 Å². The Labute approximate surface area is 207 Å². The van der Waals surface area contributed by atoms with Gasteiger partial charge in [-0.3, -0.25) is 9.69 Å². The van der Waals surface area contributed by atoms with Crippen LogP contribution in [0.25, 0.3) is 0 Å². The van der Waals surface area contributed by atoms with E-state index in [-0.39, 0.29) is 30.0 Å². The zero-order valence-corrected chi connectivity index (χ0v) is 19.7. The molecule has 0 aromatic heterocycles. The van der Waals surface area contributed by atoms with Crippen molar-refractivity contribution in [2.24, 2.45) is 0 Å². The number of fused-ring (bicyclic) bond motifs is 1. The highest BCUT2D eigenvalue weighted by atomic mass is 16.8. The molecule has 2 atom stereocenters. The lowest BCUT2D eigenvalue weighted by Gasteiger charge is -2.41. The third kappa shape index (κ3) is 5.11. The van der Waals surface area contributed by atoms with E-state index in [1.54, 1.807) is 11.0 Å². The van der Waals surface area contributed by atoms with Gasteiger partial charge in [-0.2, -0.15) is 5.23 Å². The average molecular weight is 501 g/mol. The maximum absolute atomic E-state index is 12.6. The number of rotatable bonds is 7. The molecule has 2 aliphatic heterocycles. The minimum Gasteiger partial charge on any atom is -0.595 e. The first-order valence-electron chi connectivity index (χ1n) is 11.5. The van der Waals surface area contributed by atoms with E-state index in [1.807, 2.05) is 29.2 Å². The maximum Gasteiger partial charge on any atom is 0.414 e. The van der Waals surface area contributed by atoms with Crippen molar-refractivity contribution in [1.82, 2.24) is 5.32 Å². The van der Waals surface area contributed by atoms with E-state index in [9.17, 15) is 29.9 Å². The number of ether oxygens (including phenoxy) is 2. The highest BCUT2D eigenvalue weighted by Crippen LogP contribution is 2.34. The molecule has 0 radical (unpaired) electrons. The predicted octanol–water partition coefficient (Wildman–Crippen LogP) is 0.479. The lowest BCUT2D eigenvalue weighted by molar-refractivity contribution is -0.990. The van der Waals surface area contributed by atoms with Crippen molar-refractivity contribution in [3.63, 3.8) is 0 Å². The second-order valence-electron chi connectivity index (χ2n) is 8.54. The van der Waals surface area contributed by atoms with Crippen LogP contribution in [0, 0.1) is 5.21 Å². The van der Waals surface area contributed by atoms with Crippen molar-refractivity contribution >= 4 is 35.0 Å². The maximum atomic E-state index is 12.6. The van der Waals surface area contributed by atoms with Crippen molar-refractivity contribution in [2.45, 2.75) is 31.5 Å². The number of aliphatic hydroxyl groups is 1. The molecule has 192 valence electrons. The summed E-state index contributed by atoms with van der Waals surface area (Å²) >= 11 is 0.